The fourth-order valence-corrected chi connectivity index (χ4v) is 1.01. The van der Waals surface area contributed by atoms with Crippen molar-refractivity contribution in [1.82, 2.24) is 39.9 Å². The van der Waals surface area contributed by atoms with E-state index in [1.807, 2.05) is 0 Å². The van der Waals surface area contributed by atoms with Crippen molar-refractivity contribution in [1.29, 1.82) is 0 Å². The number of aromatic nitrogens is 8. The van der Waals surface area contributed by atoms with Crippen LogP contribution in [0.2, 0.25) is 0 Å². The van der Waals surface area contributed by atoms with Crippen molar-refractivity contribution in [3.8, 4) is 0 Å². The molecule has 4 heterocycles. The van der Waals surface area contributed by atoms with Crippen LogP contribution in [-0.2, 0) is 21.1 Å². The van der Waals surface area contributed by atoms with E-state index in [9.17, 15) is 0 Å². The Morgan fingerprint density at radius 1 is 0.280 bits per heavy atom. The third kappa shape index (κ3) is 17.2. The molecule has 0 atom stereocenters. The molecule has 0 N–H and O–H groups in total. The van der Waals surface area contributed by atoms with Crippen LogP contribution in [0.5, 0.6) is 0 Å². The molecule has 0 unspecified atom stereocenters. The van der Waals surface area contributed by atoms with Gasteiger partial charge < -0.3 is 0 Å². The molecule has 0 bridgehead atoms. The summed E-state index contributed by atoms with van der Waals surface area (Å²) in [7, 11) is 0. The molecule has 0 aliphatic carbocycles. The fraction of sp³-hybridized carbons (Fsp3) is 0. The van der Waals surface area contributed by atoms with Crippen molar-refractivity contribution in [2.45, 2.75) is 0 Å². The van der Waals surface area contributed by atoms with Gasteiger partial charge in [0.1, 0.15) is 25.3 Å². The molecular formula is C16H16N8Pt. The van der Waals surface area contributed by atoms with Crippen LogP contribution in [0.3, 0.4) is 0 Å². The zero-order valence-corrected chi connectivity index (χ0v) is 15.4. The molecule has 130 valence electrons. The van der Waals surface area contributed by atoms with Gasteiger partial charge in [-0.3, -0.25) is 0 Å². The summed E-state index contributed by atoms with van der Waals surface area (Å²) in [5.41, 5.74) is 0. The Morgan fingerprint density at radius 3 is 0.480 bits per heavy atom. The van der Waals surface area contributed by atoms with E-state index in [-0.39, 0.29) is 21.1 Å². The zero-order chi connectivity index (χ0) is 17.0. The average molecular weight is 515 g/mol. The van der Waals surface area contributed by atoms with Gasteiger partial charge >= 0.3 is 0 Å². The first-order valence-electron chi connectivity index (χ1n) is 6.80. The van der Waals surface area contributed by atoms with Crippen LogP contribution >= 0.6 is 0 Å². The van der Waals surface area contributed by atoms with Crippen LogP contribution in [0, 0.1) is 0 Å². The number of nitrogens with zero attached hydrogens (tertiary/aromatic N) is 8. The van der Waals surface area contributed by atoms with Crippen LogP contribution in [0.15, 0.2) is 99.1 Å². The van der Waals surface area contributed by atoms with Crippen LogP contribution in [0.1, 0.15) is 0 Å². The first-order chi connectivity index (χ1) is 12.0. The van der Waals surface area contributed by atoms with E-state index in [4.69, 9.17) is 0 Å². The molecule has 0 spiro atoms. The summed E-state index contributed by atoms with van der Waals surface area (Å²) in [5, 5.41) is 0. The summed E-state index contributed by atoms with van der Waals surface area (Å²) in [4.78, 5) is 29.4. The van der Waals surface area contributed by atoms with E-state index in [2.05, 4.69) is 39.9 Å². The zero-order valence-electron chi connectivity index (χ0n) is 13.1. The van der Waals surface area contributed by atoms with Gasteiger partial charge in [-0.05, 0) is 24.3 Å². The van der Waals surface area contributed by atoms with E-state index in [1.54, 1.807) is 73.8 Å². The summed E-state index contributed by atoms with van der Waals surface area (Å²) in [6.07, 6.45) is 19.5. The molecule has 25 heavy (non-hydrogen) atoms. The minimum atomic E-state index is 0. The minimum absolute atomic E-state index is 0. The fourth-order valence-electron chi connectivity index (χ4n) is 1.01. The molecular weight excluding hydrogens is 499 g/mol. The SMILES string of the molecule is [Pt].c1cncnc1.c1cncnc1.c1cncnc1.c1cncnc1. The van der Waals surface area contributed by atoms with Gasteiger partial charge in [-0.2, -0.15) is 0 Å². The molecule has 8 nitrogen and oxygen atoms in total. The van der Waals surface area contributed by atoms with Gasteiger partial charge in [-0.1, -0.05) is 0 Å². The number of rotatable bonds is 0. The standard InChI is InChI=1S/4C4H4N2.Pt/c4*1-2-5-4-6-3-1;/h4*1-4H;. The molecule has 0 radical (unpaired) electrons. The van der Waals surface area contributed by atoms with E-state index in [0.29, 0.717) is 0 Å². The average Bonchev–Trinajstić information content (AvgIpc) is 2.75. The van der Waals surface area contributed by atoms with Crippen molar-refractivity contribution in [3.05, 3.63) is 99.1 Å². The third-order valence-electron chi connectivity index (χ3n) is 1.91. The number of hydrogen-bond donors (Lipinski definition) is 0. The Morgan fingerprint density at radius 2 is 0.440 bits per heavy atom. The van der Waals surface area contributed by atoms with Gasteiger partial charge in [0.05, 0.1) is 0 Å². The monoisotopic (exact) mass is 515 g/mol. The van der Waals surface area contributed by atoms with Crippen molar-refractivity contribution in [2.24, 2.45) is 0 Å². The van der Waals surface area contributed by atoms with E-state index >= 15 is 0 Å². The first-order valence-corrected chi connectivity index (χ1v) is 6.80. The van der Waals surface area contributed by atoms with Crippen molar-refractivity contribution in [2.75, 3.05) is 0 Å². The largest absolute Gasteiger partial charge is 0.245 e. The van der Waals surface area contributed by atoms with Gasteiger partial charge in [0, 0.05) is 70.6 Å². The van der Waals surface area contributed by atoms with Gasteiger partial charge in [0.25, 0.3) is 0 Å². The normalized spacial score (nSPS) is 7.68. The van der Waals surface area contributed by atoms with Crippen molar-refractivity contribution in [3.63, 3.8) is 0 Å². The maximum atomic E-state index is 3.67. The van der Waals surface area contributed by atoms with Crippen LogP contribution < -0.4 is 0 Å². The Labute approximate surface area is 160 Å². The molecule has 0 saturated carbocycles. The van der Waals surface area contributed by atoms with Crippen LogP contribution in [0.25, 0.3) is 0 Å². The van der Waals surface area contributed by atoms with Gasteiger partial charge in [0.15, 0.2) is 0 Å². The quantitative estimate of drug-likeness (QED) is 0.350. The van der Waals surface area contributed by atoms with E-state index in [1.165, 1.54) is 25.3 Å². The molecule has 4 aromatic rings. The molecule has 9 heteroatoms. The Hall–Kier alpha value is -2.99. The van der Waals surface area contributed by atoms with Gasteiger partial charge in [-0.25, -0.2) is 39.9 Å². The molecule has 0 aliphatic rings. The summed E-state index contributed by atoms with van der Waals surface area (Å²) >= 11 is 0. The molecule has 0 aliphatic heterocycles. The molecule has 0 saturated heterocycles. The molecule has 0 amide bonds. The minimum Gasteiger partial charge on any atom is -0.245 e. The molecule has 4 aromatic heterocycles. The smallest absolute Gasteiger partial charge is 0.115 e. The third-order valence-corrected chi connectivity index (χ3v) is 1.91. The molecule has 0 fully saturated rings. The molecule has 4 rings (SSSR count). The topological polar surface area (TPSA) is 103 Å². The van der Waals surface area contributed by atoms with Gasteiger partial charge in [-0.15, -0.1) is 0 Å². The predicted molar refractivity (Wildman–Crippen MR) is 88.1 cm³/mol. The Balaban J connectivity index is 0.000000303. The van der Waals surface area contributed by atoms with E-state index < -0.39 is 0 Å². The Kier molecular flexibility index (Phi) is 16.8. The van der Waals surface area contributed by atoms with E-state index in [0.717, 1.165) is 0 Å². The summed E-state index contributed by atoms with van der Waals surface area (Å²) in [6, 6.07) is 7.11. The maximum Gasteiger partial charge on any atom is 0.115 e. The summed E-state index contributed by atoms with van der Waals surface area (Å²) < 4.78 is 0. The summed E-state index contributed by atoms with van der Waals surface area (Å²) in [5.74, 6) is 0. The second-order valence-electron chi connectivity index (χ2n) is 3.62. The maximum absolute atomic E-state index is 3.67. The van der Waals surface area contributed by atoms with Crippen molar-refractivity contribution < 1.29 is 21.1 Å². The van der Waals surface area contributed by atoms with Crippen molar-refractivity contribution >= 4 is 0 Å². The first kappa shape index (κ1) is 22.0. The summed E-state index contributed by atoms with van der Waals surface area (Å²) in [6.45, 7) is 0. The van der Waals surface area contributed by atoms with Gasteiger partial charge in [0.2, 0.25) is 0 Å². The Bertz CT molecular complexity index is 442. The van der Waals surface area contributed by atoms with Crippen LogP contribution in [0.4, 0.5) is 0 Å². The molecule has 0 aromatic carbocycles. The second kappa shape index (κ2) is 19.1. The predicted octanol–water partition coefficient (Wildman–Crippen LogP) is 1.90. The second-order valence-corrected chi connectivity index (χ2v) is 3.62. The number of hydrogen-bond acceptors (Lipinski definition) is 8. The van der Waals surface area contributed by atoms with Crippen LogP contribution in [-0.4, -0.2) is 39.9 Å².